The molecule has 21 heavy (non-hydrogen) atoms. The van der Waals surface area contributed by atoms with E-state index in [-0.39, 0.29) is 17.1 Å². The highest BCUT2D eigenvalue weighted by molar-refractivity contribution is 7.09. The molecule has 2 atom stereocenters. The molecule has 3 nitrogen and oxygen atoms in total. The number of thiazole rings is 1. The van der Waals surface area contributed by atoms with Crippen LogP contribution in [-0.2, 0) is 11.8 Å². The first kappa shape index (κ1) is 18.6. The van der Waals surface area contributed by atoms with Gasteiger partial charge in [0.2, 0.25) is 0 Å². The third-order valence-corrected chi connectivity index (χ3v) is 5.48. The molecular formula is C17H32N2OS. The Morgan fingerprint density at radius 2 is 1.76 bits per heavy atom. The molecule has 0 bridgehead atoms. The normalized spacial score (nSPS) is 17.0. The van der Waals surface area contributed by atoms with Gasteiger partial charge in [0, 0.05) is 22.8 Å². The van der Waals surface area contributed by atoms with Crippen LogP contribution in [0.5, 0.6) is 0 Å². The Kier molecular flexibility index (Phi) is 6.38. The van der Waals surface area contributed by atoms with Gasteiger partial charge in [0.05, 0.1) is 16.8 Å². The molecule has 1 rings (SSSR count). The molecule has 0 aliphatic heterocycles. The number of aromatic nitrogens is 1. The summed E-state index contributed by atoms with van der Waals surface area (Å²) in [5.41, 5.74) is 1.01. The number of nitrogens with zero attached hydrogens (tertiary/aromatic N) is 2. The van der Waals surface area contributed by atoms with Crippen LogP contribution in [-0.4, -0.2) is 39.7 Å². The minimum absolute atomic E-state index is 0.0760. The lowest BCUT2D eigenvalue weighted by atomic mass is 9.87. The fourth-order valence-corrected chi connectivity index (χ4v) is 3.81. The maximum absolute atomic E-state index is 10.8. The van der Waals surface area contributed by atoms with Gasteiger partial charge < -0.3 is 5.11 Å². The lowest BCUT2D eigenvalue weighted by Crippen LogP contribution is -2.54. The van der Waals surface area contributed by atoms with E-state index in [1.165, 1.54) is 0 Å². The molecule has 0 saturated heterocycles. The van der Waals surface area contributed by atoms with Crippen molar-refractivity contribution in [2.24, 2.45) is 0 Å². The van der Waals surface area contributed by atoms with Crippen LogP contribution in [0.3, 0.4) is 0 Å². The van der Waals surface area contributed by atoms with Crippen LogP contribution < -0.4 is 0 Å². The summed E-state index contributed by atoms with van der Waals surface area (Å²) in [5.74, 6) is 0. The Labute approximate surface area is 134 Å². The van der Waals surface area contributed by atoms with E-state index in [2.05, 4.69) is 58.7 Å². The van der Waals surface area contributed by atoms with E-state index in [9.17, 15) is 5.11 Å². The van der Waals surface area contributed by atoms with Crippen molar-refractivity contribution in [3.63, 3.8) is 0 Å². The molecule has 1 aromatic heterocycles. The van der Waals surface area contributed by atoms with Crippen LogP contribution in [0.15, 0.2) is 5.38 Å². The first-order chi connectivity index (χ1) is 9.68. The zero-order chi connectivity index (χ0) is 16.3. The molecule has 122 valence electrons. The lowest BCUT2D eigenvalue weighted by Gasteiger charge is -2.43. The van der Waals surface area contributed by atoms with Gasteiger partial charge in [0.25, 0.3) is 0 Å². The molecule has 0 radical (unpaired) electrons. The number of hydrogen-bond acceptors (Lipinski definition) is 4. The van der Waals surface area contributed by atoms with Crippen molar-refractivity contribution in [2.75, 3.05) is 13.1 Å². The van der Waals surface area contributed by atoms with Gasteiger partial charge in [0.1, 0.15) is 0 Å². The van der Waals surface area contributed by atoms with E-state index in [4.69, 9.17) is 4.98 Å². The molecule has 0 spiro atoms. The van der Waals surface area contributed by atoms with Crippen LogP contribution in [0.4, 0.5) is 0 Å². The van der Waals surface area contributed by atoms with Crippen LogP contribution in [0.25, 0.3) is 0 Å². The molecule has 0 aromatic carbocycles. The molecule has 0 fully saturated rings. The summed E-state index contributed by atoms with van der Waals surface area (Å²) in [6, 6.07) is 0. The van der Waals surface area contributed by atoms with Crippen molar-refractivity contribution >= 4 is 11.3 Å². The average molecular weight is 313 g/mol. The van der Waals surface area contributed by atoms with Crippen molar-refractivity contribution in [3.8, 4) is 0 Å². The van der Waals surface area contributed by atoms with E-state index < -0.39 is 0 Å². The van der Waals surface area contributed by atoms with Gasteiger partial charge >= 0.3 is 0 Å². The van der Waals surface area contributed by atoms with E-state index in [0.717, 1.165) is 30.2 Å². The maximum Gasteiger partial charge on any atom is 0.0955 e. The molecule has 0 saturated carbocycles. The van der Waals surface area contributed by atoms with Gasteiger partial charge in [0.15, 0.2) is 0 Å². The largest absolute Gasteiger partial charge is 0.391 e. The predicted octanol–water partition coefficient (Wildman–Crippen LogP) is 3.85. The summed E-state index contributed by atoms with van der Waals surface area (Å²) < 4.78 is 0. The van der Waals surface area contributed by atoms with Gasteiger partial charge in [-0.05, 0) is 26.4 Å². The van der Waals surface area contributed by atoms with E-state index >= 15 is 0 Å². The van der Waals surface area contributed by atoms with E-state index in [0.29, 0.717) is 6.42 Å². The quantitative estimate of drug-likeness (QED) is 0.830. The summed E-state index contributed by atoms with van der Waals surface area (Å²) in [5, 5.41) is 14.0. The van der Waals surface area contributed by atoms with Crippen LogP contribution in [0.2, 0.25) is 0 Å². The lowest BCUT2D eigenvalue weighted by molar-refractivity contribution is -0.0190. The predicted molar refractivity (Wildman–Crippen MR) is 92.1 cm³/mol. The molecule has 1 N–H and O–H groups in total. The first-order valence-electron chi connectivity index (χ1n) is 8.07. The second-order valence-electron chi connectivity index (χ2n) is 6.98. The van der Waals surface area contributed by atoms with Gasteiger partial charge in [-0.25, -0.2) is 4.98 Å². The van der Waals surface area contributed by atoms with Gasteiger partial charge in [-0.1, -0.05) is 41.5 Å². The smallest absolute Gasteiger partial charge is 0.0955 e. The van der Waals surface area contributed by atoms with E-state index in [1.54, 1.807) is 11.3 Å². The fraction of sp³-hybridized carbons (Fsp3) is 0.824. The van der Waals surface area contributed by atoms with Crippen LogP contribution in [0, 0.1) is 0 Å². The summed E-state index contributed by atoms with van der Waals surface area (Å²) in [7, 11) is 0. The second kappa shape index (κ2) is 7.21. The Balaban J connectivity index is 2.88. The van der Waals surface area contributed by atoms with Crippen molar-refractivity contribution in [1.29, 1.82) is 0 Å². The molecule has 0 amide bonds. The molecule has 0 aliphatic carbocycles. The second-order valence-corrected chi connectivity index (χ2v) is 7.92. The number of hydrogen-bond donors (Lipinski definition) is 1. The summed E-state index contributed by atoms with van der Waals surface area (Å²) in [6.07, 6.45) is 1.19. The monoisotopic (exact) mass is 312 g/mol. The van der Waals surface area contributed by atoms with Crippen molar-refractivity contribution < 1.29 is 5.11 Å². The minimum Gasteiger partial charge on any atom is -0.391 e. The van der Waals surface area contributed by atoms with Gasteiger partial charge in [-0.2, -0.15) is 0 Å². The molecule has 0 aliphatic rings. The zero-order valence-corrected chi connectivity index (χ0v) is 15.5. The molecule has 2 unspecified atom stereocenters. The third kappa shape index (κ3) is 4.27. The summed E-state index contributed by atoms with van der Waals surface area (Å²) >= 11 is 1.67. The summed E-state index contributed by atoms with van der Waals surface area (Å²) in [4.78, 5) is 7.08. The number of aliphatic hydroxyl groups excluding tert-OH is 1. The Morgan fingerprint density at radius 1 is 1.19 bits per heavy atom. The fourth-order valence-electron chi connectivity index (χ4n) is 2.75. The van der Waals surface area contributed by atoms with Crippen molar-refractivity contribution in [2.45, 2.75) is 78.4 Å². The molecular weight excluding hydrogens is 280 g/mol. The highest BCUT2D eigenvalue weighted by Gasteiger charge is 2.36. The van der Waals surface area contributed by atoms with E-state index in [1.807, 2.05) is 0 Å². The standard InChI is InChI=1S/C17H32N2OS/c1-8-17(7,19(9-2)10-3)14(20)11-15-18-13(12-21-15)16(4,5)6/h12,14,20H,8-11H2,1-7H3. The SMILES string of the molecule is CCN(CC)C(C)(CC)C(O)Cc1nc(C(C)(C)C)cs1. The average Bonchev–Trinajstić information content (AvgIpc) is 2.88. The third-order valence-electron chi connectivity index (χ3n) is 4.61. The maximum atomic E-state index is 10.8. The number of likely N-dealkylation sites (N-methyl/N-ethyl adjacent to an activating group) is 1. The highest BCUT2D eigenvalue weighted by Crippen LogP contribution is 2.29. The molecule has 1 heterocycles. The highest BCUT2D eigenvalue weighted by atomic mass is 32.1. The minimum atomic E-state index is -0.388. The van der Waals surface area contributed by atoms with Crippen molar-refractivity contribution in [3.05, 3.63) is 16.1 Å². The zero-order valence-electron chi connectivity index (χ0n) is 14.7. The molecule has 1 aromatic rings. The van der Waals surface area contributed by atoms with Gasteiger partial charge in [-0.3, -0.25) is 4.90 Å². The number of aliphatic hydroxyl groups is 1. The Hall–Kier alpha value is -0.450. The first-order valence-corrected chi connectivity index (χ1v) is 8.94. The van der Waals surface area contributed by atoms with Crippen LogP contribution >= 0.6 is 11.3 Å². The Morgan fingerprint density at radius 3 is 2.14 bits per heavy atom. The van der Waals surface area contributed by atoms with Gasteiger partial charge in [-0.15, -0.1) is 11.3 Å². The summed E-state index contributed by atoms with van der Waals surface area (Å²) in [6.45, 7) is 17.1. The Bertz CT molecular complexity index is 434. The van der Waals surface area contributed by atoms with Crippen molar-refractivity contribution in [1.82, 2.24) is 9.88 Å². The molecule has 4 heteroatoms. The van der Waals surface area contributed by atoms with Crippen LogP contribution in [0.1, 0.15) is 65.6 Å². The topological polar surface area (TPSA) is 36.4 Å². The number of rotatable bonds is 7.